The molecule has 4 nitrogen and oxygen atoms in total. The van der Waals surface area contributed by atoms with Crippen LogP contribution in [0.15, 0.2) is 35.2 Å². The number of para-hydroxylation sites is 1. The first-order valence-electron chi connectivity index (χ1n) is 5.75. The van der Waals surface area contributed by atoms with Crippen LogP contribution in [0.4, 0.5) is 24.5 Å². The van der Waals surface area contributed by atoms with Gasteiger partial charge < -0.3 is 5.73 Å². The summed E-state index contributed by atoms with van der Waals surface area (Å²) in [4.78, 5) is -0.357. The van der Waals surface area contributed by atoms with Crippen molar-refractivity contribution < 1.29 is 21.6 Å². The molecule has 2 rings (SSSR count). The highest BCUT2D eigenvalue weighted by atomic mass is 32.2. The van der Waals surface area contributed by atoms with Gasteiger partial charge in [-0.05, 0) is 36.8 Å². The maximum Gasteiger partial charge on any atom is 0.262 e. The lowest BCUT2D eigenvalue weighted by Gasteiger charge is -2.12. The Hall–Kier alpha value is -2.22. The topological polar surface area (TPSA) is 72.2 Å². The number of anilines is 2. The van der Waals surface area contributed by atoms with Crippen LogP contribution >= 0.6 is 0 Å². The molecule has 0 radical (unpaired) electrons. The van der Waals surface area contributed by atoms with E-state index in [1.165, 1.54) is 6.92 Å². The zero-order chi connectivity index (χ0) is 15.8. The van der Waals surface area contributed by atoms with E-state index in [0.717, 1.165) is 30.3 Å². The fourth-order valence-corrected chi connectivity index (χ4v) is 3.08. The van der Waals surface area contributed by atoms with Crippen LogP contribution in [0.3, 0.4) is 0 Å². The second kappa shape index (κ2) is 5.28. The van der Waals surface area contributed by atoms with Gasteiger partial charge in [0, 0.05) is 0 Å². The summed E-state index contributed by atoms with van der Waals surface area (Å²) >= 11 is 0. The molecular weight excluding hydrogens is 305 g/mol. The van der Waals surface area contributed by atoms with Gasteiger partial charge >= 0.3 is 0 Å². The highest BCUT2D eigenvalue weighted by molar-refractivity contribution is 7.92. The predicted octanol–water partition coefficient (Wildman–Crippen LogP) is 2.80. The predicted molar refractivity (Wildman–Crippen MR) is 72.7 cm³/mol. The molecule has 21 heavy (non-hydrogen) atoms. The molecule has 0 atom stereocenters. The van der Waals surface area contributed by atoms with E-state index in [-0.39, 0.29) is 16.1 Å². The molecule has 0 aliphatic rings. The van der Waals surface area contributed by atoms with Crippen molar-refractivity contribution in [1.29, 1.82) is 0 Å². The molecule has 0 heterocycles. The van der Waals surface area contributed by atoms with Crippen molar-refractivity contribution in [3.05, 3.63) is 53.3 Å². The van der Waals surface area contributed by atoms with Crippen LogP contribution < -0.4 is 10.5 Å². The van der Waals surface area contributed by atoms with Gasteiger partial charge in [-0.2, -0.15) is 0 Å². The van der Waals surface area contributed by atoms with E-state index in [1.54, 1.807) is 4.72 Å². The first-order chi connectivity index (χ1) is 9.72. The number of benzene rings is 2. The fourth-order valence-electron chi connectivity index (χ4n) is 1.74. The Balaban J connectivity index is 2.51. The standard InChI is InChI=1S/C13H11F3N2O2S/c1-7-5-10(16)11(17)6-12(7)21(19,20)18-13-8(14)3-2-4-9(13)15/h2-6,18H,17H2,1H3. The van der Waals surface area contributed by atoms with Crippen LogP contribution in [0.5, 0.6) is 0 Å². The number of rotatable bonds is 3. The third-order valence-corrected chi connectivity index (χ3v) is 4.27. The van der Waals surface area contributed by atoms with E-state index >= 15 is 0 Å². The van der Waals surface area contributed by atoms with Crippen LogP contribution in [0, 0.1) is 24.4 Å². The summed E-state index contributed by atoms with van der Waals surface area (Å²) in [5.41, 5.74) is 4.20. The van der Waals surface area contributed by atoms with E-state index in [9.17, 15) is 21.6 Å². The van der Waals surface area contributed by atoms with E-state index < -0.39 is 33.2 Å². The lowest BCUT2D eigenvalue weighted by Crippen LogP contribution is -2.17. The Morgan fingerprint density at radius 3 is 2.19 bits per heavy atom. The van der Waals surface area contributed by atoms with Gasteiger partial charge in [-0.25, -0.2) is 21.6 Å². The number of hydrogen-bond donors (Lipinski definition) is 2. The Kier molecular flexibility index (Phi) is 3.82. The fraction of sp³-hybridized carbons (Fsp3) is 0.0769. The molecule has 0 amide bonds. The highest BCUT2D eigenvalue weighted by Gasteiger charge is 2.22. The van der Waals surface area contributed by atoms with Gasteiger partial charge in [-0.15, -0.1) is 0 Å². The van der Waals surface area contributed by atoms with Crippen molar-refractivity contribution in [2.24, 2.45) is 0 Å². The lowest BCUT2D eigenvalue weighted by molar-refractivity contribution is 0.582. The van der Waals surface area contributed by atoms with Crippen LogP contribution in [0.2, 0.25) is 0 Å². The maximum absolute atomic E-state index is 13.5. The summed E-state index contributed by atoms with van der Waals surface area (Å²) in [6.45, 7) is 1.34. The highest BCUT2D eigenvalue weighted by Crippen LogP contribution is 2.26. The van der Waals surface area contributed by atoms with Crippen LogP contribution in [0.1, 0.15) is 5.56 Å². The largest absolute Gasteiger partial charge is 0.396 e. The minimum atomic E-state index is -4.30. The smallest absolute Gasteiger partial charge is 0.262 e. The van der Waals surface area contributed by atoms with Gasteiger partial charge in [0.1, 0.15) is 23.1 Å². The molecule has 0 fully saturated rings. The first-order valence-corrected chi connectivity index (χ1v) is 7.23. The molecule has 112 valence electrons. The van der Waals surface area contributed by atoms with E-state index in [2.05, 4.69) is 0 Å². The van der Waals surface area contributed by atoms with Crippen molar-refractivity contribution in [3.63, 3.8) is 0 Å². The van der Waals surface area contributed by atoms with Crippen LogP contribution in [0.25, 0.3) is 0 Å². The average Bonchev–Trinajstić information content (AvgIpc) is 2.38. The van der Waals surface area contributed by atoms with Gasteiger partial charge in [0.15, 0.2) is 0 Å². The molecule has 0 bridgehead atoms. The molecule has 0 aliphatic carbocycles. The summed E-state index contributed by atoms with van der Waals surface area (Å²) in [6.07, 6.45) is 0. The minimum absolute atomic E-state index is 0.0611. The Bertz CT molecular complexity index is 787. The molecule has 3 N–H and O–H groups in total. The Morgan fingerprint density at radius 2 is 1.62 bits per heavy atom. The zero-order valence-electron chi connectivity index (χ0n) is 10.8. The number of nitrogens with one attached hydrogen (secondary N) is 1. The number of nitrogen functional groups attached to an aromatic ring is 1. The number of aryl methyl sites for hydroxylation is 1. The molecule has 0 unspecified atom stereocenters. The quantitative estimate of drug-likeness (QED) is 0.855. The van der Waals surface area contributed by atoms with Crippen molar-refractivity contribution in [2.45, 2.75) is 11.8 Å². The normalized spacial score (nSPS) is 11.4. The molecule has 0 saturated heterocycles. The van der Waals surface area contributed by atoms with Gasteiger partial charge in [0.05, 0.1) is 10.6 Å². The zero-order valence-corrected chi connectivity index (χ0v) is 11.6. The molecule has 0 aromatic heterocycles. The van der Waals surface area contributed by atoms with Crippen molar-refractivity contribution >= 4 is 21.4 Å². The number of nitrogens with two attached hydrogens (primary N) is 1. The van der Waals surface area contributed by atoms with Crippen molar-refractivity contribution in [3.8, 4) is 0 Å². The molecule has 2 aromatic rings. The first kappa shape index (κ1) is 15.2. The summed E-state index contributed by atoms with van der Waals surface area (Å²) in [5.74, 6) is -2.90. The van der Waals surface area contributed by atoms with Crippen LogP contribution in [-0.2, 0) is 10.0 Å². The minimum Gasteiger partial charge on any atom is -0.396 e. The summed E-state index contributed by atoms with van der Waals surface area (Å²) < 4.78 is 66.4. The van der Waals surface area contributed by atoms with Crippen molar-refractivity contribution in [2.75, 3.05) is 10.5 Å². The molecule has 0 aliphatic heterocycles. The second-order valence-electron chi connectivity index (χ2n) is 4.34. The molecular formula is C13H11F3N2O2S. The molecule has 0 spiro atoms. The molecule has 0 saturated carbocycles. The van der Waals surface area contributed by atoms with Crippen molar-refractivity contribution in [1.82, 2.24) is 0 Å². The SMILES string of the molecule is Cc1cc(F)c(N)cc1S(=O)(=O)Nc1c(F)cccc1F. The third-order valence-electron chi connectivity index (χ3n) is 2.78. The monoisotopic (exact) mass is 316 g/mol. The lowest BCUT2D eigenvalue weighted by atomic mass is 10.2. The summed E-state index contributed by atoms with van der Waals surface area (Å²) in [7, 11) is -4.30. The van der Waals surface area contributed by atoms with Crippen LogP contribution in [-0.4, -0.2) is 8.42 Å². The Morgan fingerprint density at radius 1 is 1.05 bits per heavy atom. The average molecular weight is 316 g/mol. The van der Waals surface area contributed by atoms with E-state index in [4.69, 9.17) is 5.73 Å². The molecule has 2 aromatic carbocycles. The summed E-state index contributed by atoms with van der Waals surface area (Å²) in [5, 5.41) is 0. The Labute approximate surface area is 119 Å². The van der Waals surface area contributed by atoms with E-state index in [1.807, 2.05) is 0 Å². The third kappa shape index (κ3) is 2.94. The molecule has 8 heteroatoms. The summed E-state index contributed by atoms with van der Waals surface area (Å²) in [6, 6.07) is 4.75. The second-order valence-corrected chi connectivity index (χ2v) is 5.99. The van der Waals surface area contributed by atoms with E-state index in [0.29, 0.717) is 0 Å². The van der Waals surface area contributed by atoms with Gasteiger partial charge in [0.2, 0.25) is 0 Å². The van der Waals surface area contributed by atoms with Gasteiger partial charge in [-0.3, -0.25) is 4.72 Å². The number of halogens is 3. The maximum atomic E-state index is 13.5. The van der Waals surface area contributed by atoms with Gasteiger partial charge in [0.25, 0.3) is 10.0 Å². The number of sulfonamides is 1. The number of hydrogen-bond acceptors (Lipinski definition) is 3. The van der Waals surface area contributed by atoms with Gasteiger partial charge in [-0.1, -0.05) is 6.07 Å².